The molecule has 3 aromatic rings. The number of aromatic nitrogens is 1. The van der Waals surface area contributed by atoms with Gasteiger partial charge in [-0.15, -0.1) is 0 Å². The van der Waals surface area contributed by atoms with Crippen LogP contribution in [0.4, 0.5) is 5.13 Å². The molecule has 1 saturated heterocycles. The van der Waals surface area contributed by atoms with Gasteiger partial charge in [-0.2, -0.15) is 0 Å². The summed E-state index contributed by atoms with van der Waals surface area (Å²) in [5.74, 6) is 0.688. The lowest BCUT2D eigenvalue weighted by Crippen LogP contribution is -2.43. The Morgan fingerprint density at radius 3 is 2.69 bits per heavy atom. The standard InChI is InChI=1S/C22H25N3O3S/c1-16-3-8-19-20(15-16)29-22(23-19)25(10-9-24-11-13-28-14-12-24)21(26)17-4-6-18(27-2)7-5-17/h3-8,15H,9-14H2,1-2H3. The van der Waals surface area contributed by atoms with Gasteiger partial charge in [0, 0.05) is 31.7 Å². The molecule has 0 bridgehead atoms. The van der Waals surface area contributed by atoms with Crippen molar-refractivity contribution in [2.45, 2.75) is 6.92 Å². The molecule has 1 aliphatic rings. The SMILES string of the molecule is COc1ccc(C(=O)N(CCN2CCOCC2)c2nc3ccc(C)cc3s2)cc1. The molecule has 2 aromatic carbocycles. The molecule has 1 aromatic heterocycles. The number of hydrogen-bond acceptors (Lipinski definition) is 6. The van der Waals surface area contributed by atoms with E-state index < -0.39 is 0 Å². The summed E-state index contributed by atoms with van der Waals surface area (Å²) in [5, 5.41) is 0.736. The van der Waals surface area contributed by atoms with Gasteiger partial charge in [0.05, 0.1) is 30.5 Å². The number of ether oxygens (including phenoxy) is 2. The first-order valence-electron chi connectivity index (χ1n) is 9.77. The van der Waals surface area contributed by atoms with Crippen molar-refractivity contribution >= 4 is 32.6 Å². The van der Waals surface area contributed by atoms with Crippen molar-refractivity contribution in [2.75, 3.05) is 51.4 Å². The molecule has 0 atom stereocenters. The van der Waals surface area contributed by atoms with Gasteiger partial charge in [0.1, 0.15) is 5.75 Å². The fraction of sp³-hybridized carbons (Fsp3) is 0.364. The lowest BCUT2D eigenvalue weighted by atomic mass is 10.2. The first kappa shape index (κ1) is 19.8. The van der Waals surface area contributed by atoms with Gasteiger partial charge in [-0.3, -0.25) is 14.6 Å². The molecular formula is C22H25N3O3S. The third-order valence-corrected chi connectivity index (χ3v) is 6.13. The number of thiazole rings is 1. The molecule has 152 valence electrons. The lowest BCUT2D eigenvalue weighted by molar-refractivity contribution is 0.0391. The fourth-order valence-electron chi connectivity index (χ4n) is 3.37. The number of aryl methyl sites for hydroxylation is 1. The number of rotatable bonds is 6. The normalized spacial score (nSPS) is 14.8. The van der Waals surface area contributed by atoms with Gasteiger partial charge in [-0.25, -0.2) is 4.98 Å². The zero-order valence-electron chi connectivity index (χ0n) is 16.8. The lowest BCUT2D eigenvalue weighted by Gasteiger charge is -2.29. The van der Waals surface area contributed by atoms with E-state index in [0.717, 1.165) is 53.9 Å². The van der Waals surface area contributed by atoms with E-state index >= 15 is 0 Å². The van der Waals surface area contributed by atoms with Crippen molar-refractivity contribution in [2.24, 2.45) is 0 Å². The second-order valence-electron chi connectivity index (χ2n) is 7.11. The molecule has 6 nitrogen and oxygen atoms in total. The number of benzene rings is 2. The van der Waals surface area contributed by atoms with Gasteiger partial charge in [-0.05, 0) is 48.9 Å². The van der Waals surface area contributed by atoms with Crippen LogP contribution in [0.25, 0.3) is 10.2 Å². The minimum atomic E-state index is -0.0447. The first-order valence-corrected chi connectivity index (χ1v) is 10.6. The molecule has 1 aliphatic heterocycles. The van der Waals surface area contributed by atoms with Gasteiger partial charge in [0.25, 0.3) is 5.91 Å². The third-order valence-electron chi connectivity index (χ3n) is 5.09. The Morgan fingerprint density at radius 2 is 1.97 bits per heavy atom. The molecule has 0 N–H and O–H groups in total. The molecule has 1 fully saturated rings. The number of nitrogens with zero attached hydrogens (tertiary/aromatic N) is 3. The number of morpholine rings is 1. The maximum absolute atomic E-state index is 13.4. The number of hydrogen-bond donors (Lipinski definition) is 0. The van der Waals surface area contributed by atoms with E-state index in [-0.39, 0.29) is 5.91 Å². The van der Waals surface area contributed by atoms with Gasteiger partial charge < -0.3 is 9.47 Å². The summed E-state index contributed by atoms with van der Waals surface area (Å²) in [5.41, 5.74) is 2.74. The van der Waals surface area contributed by atoms with Gasteiger partial charge in [0.15, 0.2) is 5.13 Å². The average Bonchev–Trinajstić information content (AvgIpc) is 3.17. The largest absolute Gasteiger partial charge is 0.497 e. The summed E-state index contributed by atoms with van der Waals surface area (Å²) in [6.07, 6.45) is 0. The van der Waals surface area contributed by atoms with Crippen LogP contribution >= 0.6 is 11.3 Å². The van der Waals surface area contributed by atoms with Crippen LogP contribution in [0.5, 0.6) is 5.75 Å². The Morgan fingerprint density at radius 1 is 1.21 bits per heavy atom. The Kier molecular flexibility index (Phi) is 6.08. The van der Waals surface area contributed by atoms with E-state index in [9.17, 15) is 4.79 Å². The van der Waals surface area contributed by atoms with E-state index in [2.05, 4.69) is 24.0 Å². The number of fused-ring (bicyclic) bond motifs is 1. The number of methoxy groups -OCH3 is 1. The molecule has 0 aliphatic carbocycles. The van der Waals surface area contributed by atoms with Crippen molar-refractivity contribution in [1.82, 2.24) is 9.88 Å². The quantitative estimate of drug-likeness (QED) is 0.620. The summed E-state index contributed by atoms with van der Waals surface area (Å²) in [7, 11) is 1.62. The maximum Gasteiger partial charge on any atom is 0.260 e. The zero-order chi connectivity index (χ0) is 20.2. The van der Waals surface area contributed by atoms with Crippen molar-refractivity contribution in [1.29, 1.82) is 0 Å². The molecule has 0 spiro atoms. The van der Waals surface area contributed by atoms with Crippen LogP contribution in [-0.4, -0.2) is 62.3 Å². The smallest absolute Gasteiger partial charge is 0.260 e. The number of carbonyl (C=O) groups is 1. The van der Waals surface area contributed by atoms with Gasteiger partial charge in [-0.1, -0.05) is 17.4 Å². The highest BCUT2D eigenvalue weighted by atomic mass is 32.1. The summed E-state index contributed by atoms with van der Waals surface area (Å²) in [6.45, 7) is 6.72. The summed E-state index contributed by atoms with van der Waals surface area (Å²) >= 11 is 1.56. The second kappa shape index (κ2) is 8.90. The van der Waals surface area contributed by atoms with Crippen molar-refractivity contribution in [3.8, 4) is 5.75 Å². The predicted molar refractivity (Wildman–Crippen MR) is 116 cm³/mol. The van der Waals surface area contributed by atoms with E-state index in [0.29, 0.717) is 12.1 Å². The minimum Gasteiger partial charge on any atom is -0.497 e. The zero-order valence-corrected chi connectivity index (χ0v) is 17.6. The molecular weight excluding hydrogens is 386 g/mol. The van der Waals surface area contributed by atoms with Crippen LogP contribution in [0.2, 0.25) is 0 Å². The molecule has 29 heavy (non-hydrogen) atoms. The van der Waals surface area contributed by atoms with Crippen molar-refractivity contribution in [3.63, 3.8) is 0 Å². The molecule has 2 heterocycles. The Labute approximate surface area is 174 Å². The van der Waals surface area contributed by atoms with Crippen LogP contribution in [0, 0.1) is 6.92 Å². The molecule has 4 rings (SSSR count). The van der Waals surface area contributed by atoms with Crippen LogP contribution in [0.15, 0.2) is 42.5 Å². The predicted octanol–water partition coefficient (Wildman–Crippen LogP) is 3.59. The molecule has 0 saturated carbocycles. The van der Waals surface area contributed by atoms with E-state index in [4.69, 9.17) is 14.5 Å². The number of amides is 1. The number of anilines is 1. The van der Waals surface area contributed by atoms with E-state index in [1.54, 1.807) is 35.5 Å². The van der Waals surface area contributed by atoms with Gasteiger partial charge in [0.2, 0.25) is 0 Å². The summed E-state index contributed by atoms with van der Waals surface area (Å²) < 4.78 is 11.8. The topological polar surface area (TPSA) is 54.9 Å². The van der Waals surface area contributed by atoms with Crippen molar-refractivity contribution < 1.29 is 14.3 Å². The van der Waals surface area contributed by atoms with Crippen LogP contribution in [0.3, 0.4) is 0 Å². The Hall–Kier alpha value is -2.48. The average molecular weight is 412 g/mol. The minimum absolute atomic E-state index is 0.0447. The Bertz CT molecular complexity index is 981. The number of carbonyl (C=O) groups excluding carboxylic acids is 1. The maximum atomic E-state index is 13.4. The molecule has 7 heteroatoms. The third kappa shape index (κ3) is 4.58. The Balaban J connectivity index is 1.61. The van der Waals surface area contributed by atoms with Gasteiger partial charge >= 0.3 is 0 Å². The summed E-state index contributed by atoms with van der Waals surface area (Å²) in [4.78, 5) is 22.3. The van der Waals surface area contributed by atoms with Crippen LogP contribution in [-0.2, 0) is 4.74 Å². The monoisotopic (exact) mass is 411 g/mol. The first-order chi connectivity index (χ1) is 14.1. The highest BCUT2D eigenvalue weighted by molar-refractivity contribution is 7.22. The van der Waals surface area contributed by atoms with Crippen LogP contribution < -0.4 is 9.64 Å². The molecule has 0 unspecified atom stereocenters. The van der Waals surface area contributed by atoms with Crippen LogP contribution in [0.1, 0.15) is 15.9 Å². The van der Waals surface area contributed by atoms with E-state index in [1.807, 2.05) is 18.2 Å². The highest BCUT2D eigenvalue weighted by Crippen LogP contribution is 2.30. The van der Waals surface area contributed by atoms with Crippen molar-refractivity contribution in [3.05, 3.63) is 53.6 Å². The fourth-order valence-corrected chi connectivity index (χ4v) is 4.46. The highest BCUT2D eigenvalue weighted by Gasteiger charge is 2.23. The molecule has 0 radical (unpaired) electrons. The van der Waals surface area contributed by atoms with E-state index in [1.165, 1.54) is 5.56 Å². The summed E-state index contributed by atoms with van der Waals surface area (Å²) in [6, 6.07) is 13.4. The molecule has 1 amide bonds. The second-order valence-corrected chi connectivity index (χ2v) is 8.12.